The molecule has 9 heteroatoms. The van der Waals surface area contributed by atoms with Gasteiger partial charge < -0.3 is 32.1 Å². The second kappa shape index (κ2) is 14.7. The maximum atomic E-state index is 10.4. The summed E-state index contributed by atoms with van der Waals surface area (Å²) in [5.74, 6) is -2.64. The molecule has 32 heavy (non-hydrogen) atoms. The number of carbonyl (C=O) groups is 3. The Labute approximate surface area is 187 Å². The zero-order valence-electron chi connectivity index (χ0n) is 17.8. The predicted molar refractivity (Wildman–Crippen MR) is 120 cm³/mol. The van der Waals surface area contributed by atoms with E-state index in [4.69, 9.17) is 26.8 Å². The van der Waals surface area contributed by atoms with Crippen LogP contribution in [0.2, 0.25) is 0 Å². The van der Waals surface area contributed by atoms with Crippen LogP contribution >= 0.6 is 0 Å². The van der Waals surface area contributed by atoms with Crippen molar-refractivity contribution in [2.24, 2.45) is 11.5 Å². The van der Waals surface area contributed by atoms with Crippen LogP contribution in [0.5, 0.6) is 0 Å². The summed E-state index contributed by atoms with van der Waals surface area (Å²) in [5.41, 5.74) is 12.6. The van der Waals surface area contributed by atoms with Crippen molar-refractivity contribution in [1.82, 2.24) is 5.32 Å². The van der Waals surface area contributed by atoms with Gasteiger partial charge in [0.25, 0.3) is 0 Å². The molecule has 8 N–H and O–H groups in total. The lowest BCUT2D eigenvalue weighted by Crippen LogP contribution is -2.32. The fraction of sp³-hybridized carbons (Fsp3) is 0.348. The first-order chi connectivity index (χ1) is 15.2. The van der Waals surface area contributed by atoms with Gasteiger partial charge in [0.2, 0.25) is 0 Å². The summed E-state index contributed by atoms with van der Waals surface area (Å²) in [7, 11) is 0. The molecular formula is C23H31N3O6. The third-order valence-electron chi connectivity index (χ3n) is 4.59. The molecule has 0 spiro atoms. The number of hydrogen-bond donors (Lipinski definition) is 6. The Morgan fingerprint density at radius 2 is 1.22 bits per heavy atom. The SMILES string of the molecule is N[C@@H](Cc1ccccc1)C(=O)O.N[C@@H](Cc1ccccc1)C(=O)O.O=C(O)[C@@H]1CCCN1. The molecule has 2 aromatic rings. The first-order valence-corrected chi connectivity index (χ1v) is 10.2. The van der Waals surface area contributed by atoms with E-state index in [0.717, 1.165) is 30.5 Å². The molecule has 1 aliphatic rings. The summed E-state index contributed by atoms with van der Waals surface area (Å²) < 4.78 is 0. The normalized spacial score (nSPS) is 16.4. The van der Waals surface area contributed by atoms with Crippen LogP contribution in [0.1, 0.15) is 24.0 Å². The number of nitrogens with two attached hydrogens (primary N) is 2. The maximum Gasteiger partial charge on any atom is 0.320 e. The van der Waals surface area contributed by atoms with Crippen LogP contribution in [0.4, 0.5) is 0 Å². The van der Waals surface area contributed by atoms with E-state index in [1.54, 1.807) is 0 Å². The van der Waals surface area contributed by atoms with E-state index in [2.05, 4.69) is 5.32 Å². The van der Waals surface area contributed by atoms with E-state index in [9.17, 15) is 14.4 Å². The van der Waals surface area contributed by atoms with Crippen LogP contribution in [0.25, 0.3) is 0 Å². The van der Waals surface area contributed by atoms with Crippen molar-refractivity contribution in [3.05, 3.63) is 71.8 Å². The van der Waals surface area contributed by atoms with E-state index in [1.807, 2.05) is 60.7 Å². The largest absolute Gasteiger partial charge is 0.480 e. The quantitative estimate of drug-likeness (QED) is 0.364. The van der Waals surface area contributed by atoms with Gasteiger partial charge in [-0.15, -0.1) is 0 Å². The molecule has 0 amide bonds. The van der Waals surface area contributed by atoms with E-state index >= 15 is 0 Å². The first kappa shape index (κ1) is 26.8. The predicted octanol–water partition coefficient (Wildman–Crippen LogP) is 1.11. The van der Waals surface area contributed by atoms with Crippen molar-refractivity contribution in [3.63, 3.8) is 0 Å². The van der Waals surface area contributed by atoms with Gasteiger partial charge in [-0.3, -0.25) is 14.4 Å². The molecule has 0 radical (unpaired) electrons. The summed E-state index contributed by atoms with van der Waals surface area (Å²) in [6.45, 7) is 0.858. The topological polar surface area (TPSA) is 176 Å². The second-order valence-electron chi connectivity index (χ2n) is 7.26. The van der Waals surface area contributed by atoms with Crippen LogP contribution in [-0.4, -0.2) is 57.9 Å². The van der Waals surface area contributed by atoms with E-state index in [1.165, 1.54) is 0 Å². The van der Waals surface area contributed by atoms with Crippen molar-refractivity contribution in [3.8, 4) is 0 Å². The molecule has 1 heterocycles. The van der Waals surface area contributed by atoms with Crippen molar-refractivity contribution >= 4 is 17.9 Å². The molecule has 1 fully saturated rings. The first-order valence-electron chi connectivity index (χ1n) is 10.2. The Hall–Kier alpha value is -3.27. The lowest BCUT2D eigenvalue weighted by molar-refractivity contribution is -0.139. The molecule has 3 rings (SSSR count). The maximum absolute atomic E-state index is 10.4. The second-order valence-corrected chi connectivity index (χ2v) is 7.26. The standard InChI is InChI=1S/2C9H11NO2.C5H9NO2/c2*10-8(9(11)12)6-7-4-2-1-3-5-7;7-5(8)4-2-1-3-6-4/h2*1-5,8H,6,10H2,(H,11,12);4,6H,1-3H2,(H,7,8)/t2*8-;4-/m000/s1. The van der Waals surface area contributed by atoms with Crippen LogP contribution in [0.15, 0.2) is 60.7 Å². The summed E-state index contributed by atoms with van der Waals surface area (Å²) >= 11 is 0. The molecular weight excluding hydrogens is 414 g/mol. The van der Waals surface area contributed by atoms with Crippen LogP contribution in [0.3, 0.4) is 0 Å². The fourth-order valence-electron chi connectivity index (χ4n) is 2.81. The van der Waals surface area contributed by atoms with Crippen LogP contribution in [0, 0.1) is 0 Å². The van der Waals surface area contributed by atoms with Gasteiger partial charge in [-0.25, -0.2) is 0 Å². The molecule has 1 aliphatic heterocycles. The number of nitrogens with one attached hydrogen (secondary N) is 1. The minimum absolute atomic E-state index is 0.269. The smallest absolute Gasteiger partial charge is 0.320 e. The number of carboxylic acid groups (broad SMARTS) is 3. The average molecular weight is 446 g/mol. The zero-order valence-corrected chi connectivity index (χ0v) is 17.8. The van der Waals surface area contributed by atoms with Crippen LogP contribution in [-0.2, 0) is 27.2 Å². The molecule has 0 aromatic heterocycles. The van der Waals surface area contributed by atoms with Gasteiger partial charge in [0.15, 0.2) is 0 Å². The molecule has 1 saturated heterocycles. The Kier molecular flexibility index (Phi) is 12.3. The van der Waals surface area contributed by atoms with Gasteiger partial charge in [0.05, 0.1) is 0 Å². The Morgan fingerprint density at radius 1 is 0.812 bits per heavy atom. The van der Waals surface area contributed by atoms with Crippen molar-refractivity contribution in [1.29, 1.82) is 0 Å². The van der Waals surface area contributed by atoms with Crippen molar-refractivity contribution in [2.45, 2.75) is 43.8 Å². The molecule has 9 nitrogen and oxygen atoms in total. The summed E-state index contributed by atoms with van der Waals surface area (Å²) in [4.78, 5) is 30.9. The zero-order chi connectivity index (χ0) is 23.9. The van der Waals surface area contributed by atoms with Gasteiger partial charge in [-0.2, -0.15) is 0 Å². The highest BCUT2D eigenvalue weighted by Crippen LogP contribution is 2.04. The molecule has 2 aromatic carbocycles. The third kappa shape index (κ3) is 11.2. The lowest BCUT2D eigenvalue weighted by Gasteiger charge is -2.04. The van der Waals surface area contributed by atoms with Gasteiger partial charge in [0, 0.05) is 0 Å². The molecule has 174 valence electrons. The monoisotopic (exact) mass is 445 g/mol. The minimum atomic E-state index is -0.959. The van der Waals surface area contributed by atoms with Gasteiger partial charge in [-0.05, 0) is 43.4 Å². The molecule has 0 bridgehead atoms. The number of hydrogen-bond acceptors (Lipinski definition) is 6. The average Bonchev–Trinajstić information content (AvgIpc) is 3.31. The minimum Gasteiger partial charge on any atom is -0.480 e. The summed E-state index contributed by atoms with van der Waals surface area (Å²) in [6.07, 6.45) is 2.55. The van der Waals surface area contributed by atoms with Crippen molar-refractivity contribution in [2.75, 3.05) is 6.54 Å². The van der Waals surface area contributed by atoms with Crippen molar-refractivity contribution < 1.29 is 29.7 Å². The van der Waals surface area contributed by atoms with Gasteiger partial charge in [-0.1, -0.05) is 60.7 Å². The van der Waals surface area contributed by atoms with E-state index < -0.39 is 30.0 Å². The number of benzene rings is 2. The molecule has 0 saturated carbocycles. The lowest BCUT2D eigenvalue weighted by atomic mass is 10.1. The van der Waals surface area contributed by atoms with E-state index in [-0.39, 0.29) is 6.04 Å². The molecule has 0 aliphatic carbocycles. The number of carboxylic acids is 3. The molecule has 3 atom stereocenters. The summed E-state index contributed by atoms with van der Waals surface area (Å²) in [6, 6.07) is 16.8. The third-order valence-corrected chi connectivity index (χ3v) is 4.59. The van der Waals surface area contributed by atoms with Crippen LogP contribution < -0.4 is 16.8 Å². The highest BCUT2D eigenvalue weighted by atomic mass is 16.4. The number of rotatable bonds is 7. The van der Waals surface area contributed by atoms with Gasteiger partial charge in [0.1, 0.15) is 18.1 Å². The Balaban J connectivity index is 0.000000245. The number of aliphatic carboxylic acids is 3. The Morgan fingerprint density at radius 3 is 1.47 bits per heavy atom. The fourth-order valence-corrected chi connectivity index (χ4v) is 2.81. The van der Waals surface area contributed by atoms with Gasteiger partial charge >= 0.3 is 17.9 Å². The highest BCUT2D eigenvalue weighted by molar-refractivity contribution is 5.74. The highest BCUT2D eigenvalue weighted by Gasteiger charge is 2.20. The summed E-state index contributed by atoms with van der Waals surface area (Å²) in [5, 5.41) is 28.2. The Bertz CT molecular complexity index is 769. The molecule has 0 unspecified atom stereocenters. The van der Waals surface area contributed by atoms with E-state index in [0.29, 0.717) is 12.8 Å².